The number of carbonyl (C=O) groups is 1. The number of benzene rings is 1. The Morgan fingerprint density at radius 3 is 2.55 bits per heavy atom. The Bertz CT molecular complexity index is 635. The number of aromatic amines is 1. The Kier molecular flexibility index (Phi) is 3.93. The van der Waals surface area contributed by atoms with Crippen molar-refractivity contribution in [3.8, 4) is 22.8 Å². The van der Waals surface area contributed by atoms with E-state index in [-0.39, 0.29) is 5.91 Å². The van der Waals surface area contributed by atoms with Crippen molar-refractivity contribution < 1.29 is 14.3 Å². The normalized spacial score (nSPS) is 10.2. The number of ether oxygens (including phenoxy) is 2. The van der Waals surface area contributed by atoms with Crippen molar-refractivity contribution in [3.05, 3.63) is 23.9 Å². The first-order valence-corrected chi connectivity index (χ1v) is 6.11. The second-order valence-corrected chi connectivity index (χ2v) is 4.32. The first kappa shape index (κ1) is 13.9. The molecule has 1 heterocycles. The number of hydrogen-bond acceptors (Lipinski definition) is 4. The molecule has 0 radical (unpaired) electrons. The zero-order chi connectivity index (χ0) is 14.7. The van der Waals surface area contributed by atoms with Crippen LogP contribution in [0.2, 0.25) is 0 Å². The van der Waals surface area contributed by atoms with E-state index in [2.05, 4.69) is 15.5 Å². The minimum absolute atomic E-state index is 0.142. The van der Waals surface area contributed by atoms with Gasteiger partial charge in [-0.05, 0) is 25.1 Å². The molecule has 0 unspecified atom stereocenters. The summed E-state index contributed by atoms with van der Waals surface area (Å²) >= 11 is 0. The summed E-state index contributed by atoms with van der Waals surface area (Å²) in [6.45, 7) is 3.31. The topological polar surface area (TPSA) is 76.2 Å². The van der Waals surface area contributed by atoms with Gasteiger partial charge in [0.2, 0.25) is 5.91 Å². The predicted molar refractivity (Wildman–Crippen MR) is 76.2 cm³/mol. The lowest BCUT2D eigenvalue weighted by atomic mass is 10.1. The highest BCUT2D eigenvalue weighted by molar-refractivity contribution is 5.94. The number of rotatable bonds is 4. The van der Waals surface area contributed by atoms with Crippen molar-refractivity contribution in [3.63, 3.8) is 0 Å². The Morgan fingerprint density at radius 2 is 1.95 bits per heavy atom. The Labute approximate surface area is 117 Å². The third-order valence-electron chi connectivity index (χ3n) is 2.91. The van der Waals surface area contributed by atoms with E-state index in [0.717, 1.165) is 11.3 Å². The van der Waals surface area contributed by atoms with Crippen molar-refractivity contribution >= 4 is 11.6 Å². The maximum atomic E-state index is 11.3. The van der Waals surface area contributed by atoms with E-state index in [1.54, 1.807) is 20.3 Å². The second kappa shape index (κ2) is 5.64. The molecular weight excluding hydrogens is 258 g/mol. The van der Waals surface area contributed by atoms with Gasteiger partial charge in [0, 0.05) is 12.5 Å². The van der Waals surface area contributed by atoms with E-state index in [0.29, 0.717) is 22.9 Å². The van der Waals surface area contributed by atoms with Crippen LogP contribution in [0.15, 0.2) is 18.2 Å². The van der Waals surface area contributed by atoms with Gasteiger partial charge in [0.25, 0.3) is 0 Å². The number of H-pyrrole nitrogens is 1. The first-order chi connectivity index (χ1) is 9.56. The molecule has 2 aromatic rings. The van der Waals surface area contributed by atoms with Gasteiger partial charge in [0.05, 0.1) is 25.6 Å². The lowest BCUT2D eigenvalue weighted by molar-refractivity contribution is -0.114. The molecule has 2 N–H and O–H groups in total. The van der Waals surface area contributed by atoms with Crippen LogP contribution in [0.25, 0.3) is 11.3 Å². The van der Waals surface area contributed by atoms with E-state index in [4.69, 9.17) is 9.47 Å². The standard InChI is InChI=1S/C14H17N3O3/c1-8-13(15-9(2)18)14(17-16-8)10-5-6-11(19-3)12(7-10)20-4/h5-7H,1-4H3,(H,15,18)(H,16,17). The van der Waals surface area contributed by atoms with Crippen LogP contribution in [0.3, 0.4) is 0 Å². The van der Waals surface area contributed by atoms with Crippen molar-refractivity contribution in [1.29, 1.82) is 0 Å². The summed E-state index contributed by atoms with van der Waals surface area (Å²) in [7, 11) is 3.16. The van der Waals surface area contributed by atoms with Gasteiger partial charge in [-0.2, -0.15) is 5.10 Å². The van der Waals surface area contributed by atoms with Gasteiger partial charge in [-0.25, -0.2) is 0 Å². The number of hydrogen-bond donors (Lipinski definition) is 2. The fourth-order valence-electron chi connectivity index (χ4n) is 1.95. The van der Waals surface area contributed by atoms with E-state index in [1.807, 2.05) is 19.1 Å². The zero-order valence-corrected chi connectivity index (χ0v) is 11.9. The number of methoxy groups -OCH3 is 2. The van der Waals surface area contributed by atoms with Crippen LogP contribution in [0.5, 0.6) is 11.5 Å². The highest BCUT2D eigenvalue weighted by Gasteiger charge is 2.15. The molecule has 106 valence electrons. The second-order valence-electron chi connectivity index (χ2n) is 4.32. The predicted octanol–water partition coefficient (Wildman–Crippen LogP) is 2.36. The van der Waals surface area contributed by atoms with Crippen molar-refractivity contribution in [2.45, 2.75) is 13.8 Å². The van der Waals surface area contributed by atoms with Crippen LogP contribution < -0.4 is 14.8 Å². The molecule has 0 saturated heterocycles. The molecule has 1 amide bonds. The number of anilines is 1. The summed E-state index contributed by atoms with van der Waals surface area (Å²) in [4.78, 5) is 11.3. The molecule has 6 heteroatoms. The molecular formula is C14H17N3O3. The number of nitrogens with one attached hydrogen (secondary N) is 2. The molecule has 1 aromatic heterocycles. The van der Waals surface area contributed by atoms with Gasteiger partial charge < -0.3 is 14.8 Å². The Morgan fingerprint density at radius 1 is 1.25 bits per heavy atom. The third-order valence-corrected chi connectivity index (χ3v) is 2.91. The third kappa shape index (κ3) is 2.59. The maximum Gasteiger partial charge on any atom is 0.221 e. The quantitative estimate of drug-likeness (QED) is 0.898. The first-order valence-electron chi connectivity index (χ1n) is 6.11. The van der Waals surface area contributed by atoms with Crippen molar-refractivity contribution in [2.75, 3.05) is 19.5 Å². The molecule has 20 heavy (non-hydrogen) atoms. The molecule has 0 aliphatic heterocycles. The fraction of sp³-hybridized carbons (Fsp3) is 0.286. The molecule has 0 aliphatic rings. The van der Waals surface area contributed by atoms with Crippen molar-refractivity contribution in [1.82, 2.24) is 10.2 Å². The van der Waals surface area contributed by atoms with E-state index in [9.17, 15) is 4.79 Å². The lowest BCUT2D eigenvalue weighted by Gasteiger charge is -2.09. The lowest BCUT2D eigenvalue weighted by Crippen LogP contribution is -2.07. The molecule has 0 spiro atoms. The molecule has 0 saturated carbocycles. The molecule has 0 fully saturated rings. The average molecular weight is 275 g/mol. The number of carbonyl (C=O) groups excluding carboxylic acids is 1. The van der Waals surface area contributed by atoms with Gasteiger partial charge in [-0.3, -0.25) is 9.89 Å². The van der Waals surface area contributed by atoms with Gasteiger partial charge >= 0.3 is 0 Å². The minimum Gasteiger partial charge on any atom is -0.493 e. The number of amides is 1. The van der Waals surface area contributed by atoms with E-state index < -0.39 is 0 Å². The minimum atomic E-state index is -0.142. The Balaban J connectivity index is 2.49. The van der Waals surface area contributed by atoms with Crippen LogP contribution in [0.4, 0.5) is 5.69 Å². The molecule has 2 rings (SSSR count). The summed E-state index contributed by atoms with van der Waals surface area (Å²) in [6, 6.07) is 5.48. The molecule has 0 atom stereocenters. The van der Waals surface area contributed by atoms with Crippen molar-refractivity contribution in [2.24, 2.45) is 0 Å². The van der Waals surface area contributed by atoms with Gasteiger partial charge in [0.1, 0.15) is 5.69 Å². The molecule has 0 aliphatic carbocycles. The summed E-state index contributed by atoms with van der Waals surface area (Å²) in [6.07, 6.45) is 0. The Hall–Kier alpha value is -2.50. The molecule has 0 bridgehead atoms. The smallest absolute Gasteiger partial charge is 0.221 e. The van der Waals surface area contributed by atoms with Crippen LogP contribution in [-0.2, 0) is 4.79 Å². The van der Waals surface area contributed by atoms with Gasteiger partial charge in [-0.15, -0.1) is 0 Å². The molecule has 6 nitrogen and oxygen atoms in total. The monoisotopic (exact) mass is 275 g/mol. The number of aryl methyl sites for hydroxylation is 1. The number of aromatic nitrogens is 2. The van der Waals surface area contributed by atoms with Gasteiger partial charge in [-0.1, -0.05) is 0 Å². The average Bonchev–Trinajstić information content (AvgIpc) is 2.79. The summed E-state index contributed by atoms with van der Waals surface area (Å²) in [5.41, 5.74) is 2.96. The fourth-order valence-corrected chi connectivity index (χ4v) is 1.95. The van der Waals surface area contributed by atoms with Gasteiger partial charge in [0.15, 0.2) is 11.5 Å². The van der Waals surface area contributed by atoms with Crippen LogP contribution >= 0.6 is 0 Å². The summed E-state index contributed by atoms with van der Waals surface area (Å²) in [5, 5.41) is 9.89. The SMILES string of the molecule is COc1ccc(-c2n[nH]c(C)c2NC(C)=O)cc1OC. The zero-order valence-electron chi connectivity index (χ0n) is 11.9. The highest BCUT2D eigenvalue weighted by atomic mass is 16.5. The summed E-state index contributed by atoms with van der Waals surface area (Å²) in [5.74, 6) is 1.11. The highest BCUT2D eigenvalue weighted by Crippen LogP contribution is 2.35. The summed E-state index contributed by atoms with van der Waals surface area (Å²) < 4.78 is 10.5. The molecule has 1 aromatic carbocycles. The van der Waals surface area contributed by atoms with Crippen LogP contribution in [-0.4, -0.2) is 30.3 Å². The van der Waals surface area contributed by atoms with E-state index in [1.165, 1.54) is 6.92 Å². The van der Waals surface area contributed by atoms with Crippen LogP contribution in [0.1, 0.15) is 12.6 Å². The maximum absolute atomic E-state index is 11.3. The van der Waals surface area contributed by atoms with E-state index >= 15 is 0 Å². The number of nitrogens with zero attached hydrogens (tertiary/aromatic N) is 1. The van der Waals surface area contributed by atoms with Crippen LogP contribution in [0, 0.1) is 6.92 Å². The largest absolute Gasteiger partial charge is 0.493 e.